The molecular formula is C19H22N4OS. The zero-order valence-corrected chi connectivity index (χ0v) is 15.4. The third-order valence-electron chi connectivity index (χ3n) is 4.09. The van der Waals surface area contributed by atoms with Gasteiger partial charge >= 0.3 is 0 Å². The van der Waals surface area contributed by atoms with E-state index >= 15 is 0 Å². The maximum atomic E-state index is 12.7. The van der Waals surface area contributed by atoms with Crippen LogP contribution in [0.15, 0.2) is 48.2 Å². The fourth-order valence-corrected chi connectivity index (χ4v) is 3.57. The molecule has 0 aliphatic carbocycles. The summed E-state index contributed by atoms with van der Waals surface area (Å²) in [5, 5.41) is 6.61. The van der Waals surface area contributed by atoms with Gasteiger partial charge in [-0.3, -0.25) is 9.78 Å². The van der Waals surface area contributed by atoms with Gasteiger partial charge in [0.1, 0.15) is 0 Å². The number of anilines is 1. The van der Waals surface area contributed by atoms with Crippen LogP contribution in [0.1, 0.15) is 30.3 Å². The Morgan fingerprint density at radius 2 is 2.20 bits per heavy atom. The van der Waals surface area contributed by atoms with E-state index in [9.17, 15) is 4.79 Å². The zero-order chi connectivity index (χ0) is 17.6. The summed E-state index contributed by atoms with van der Waals surface area (Å²) in [7, 11) is 0. The number of carbonyl (C=O) groups is 1. The second kappa shape index (κ2) is 8.07. The zero-order valence-electron chi connectivity index (χ0n) is 14.6. The van der Waals surface area contributed by atoms with Gasteiger partial charge in [-0.15, -0.1) is 11.3 Å². The number of carbonyl (C=O) groups excluding carboxylic acids is 1. The van der Waals surface area contributed by atoms with Crippen molar-refractivity contribution in [3.05, 3.63) is 58.8 Å². The van der Waals surface area contributed by atoms with Crippen molar-refractivity contribution in [1.29, 1.82) is 0 Å². The highest BCUT2D eigenvalue weighted by Gasteiger charge is 2.18. The van der Waals surface area contributed by atoms with E-state index in [4.69, 9.17) is 0 Å². The lowest BCUT2D eigenvalue weighted by Crippen LogP contribution is -2.30. The van der Waals surface area contributed by atoms with Gasteiger partial charge in [-0.25, -0.2) is 4.68 Å². The van der Waals surface area contributed by atoms with Gasteiger partial charge in [-0.2, -0.15) is 5.10 Å². The van der Waals surface area contributed by atoms with Crippen molar-refractivity contribution in [2.24, 2.45) is 0 Å². The molecule has 0 aliphatic heterocycles. The summed E-state index contributed by atoms with van der Waals surface area (Å²) in [5.41, 5.74) is 2.60. The minimum absolute atomic E-state index is 0.146. The van der Waals surface area contributed by atoms with E-state index in [1.165, 1.54) is 4.88 Å². The van der Waals surface area contributed by atoms with Gasteiger partial charge in [0.25, 0.3) is 0 Å². The Morgan fingerprint density at radius 3 is 2.88 bits per heavy atom. The molecule has 0 radical (unpaired) electrons. The summed E-state index contributed by atoms with van der Waals surface area (Å²) in [5.74, 6) is 0.146. The Bertz CT molecular complexity index is 811. The number of thiophene rings is 1. The molecule has 0 aromatic carbocycles. The number of rotatable bonds is 7. The summed E-state index contributed by atoms with van der Waals surface area (Å²) >= 11 is 1.74. The predicted molar refractivity (Wildman–Crippen MR) is 101 cm³/mol. The van der Waals surface area contributed by atoms with Crippen molar-refractivity contribution in [3.63, 3.8) is 0 Å². The maximum absolute atomic E-state index is 12.7. The van der Waals surface area contributed by atoms with E-state index in [2.05, 4.69) is 27.6 Å². The predicted octanol–water partition coefficient (Wildman–Crippen LogP) is 4.01. The second-order valence-corrected chi connectivity index (χ2v) is 6.86. The number of hydrogen-bond acceptors (Lipinski definition) is 4. The van der Waals surface area contributed by atoms with Crippen LogP contribution in [0.5, 0.6) is 0 Å². The first-order valence-corrected chi connectivity index (χ1v) is 9.36. The highest BCUT2D eigenvalue weighted by molar-refractivity contribution is 7.09. The molecule has 0 N–H and O–H groups in total. The van der Waals surface area contributed by atoms with Crippen LogP contribution in [0, 0.1) is 6.92 Å². The molecule has 6 heteroatoms. The number of aryl methyl sites for hydroxylation is 2. The fraction of sp³-hybridized carbons (Fsp3) is 0.316. The number of pyridine rings is 1. The Morgan fingerprint density at radius 1 is 1.32 bits per heavy atom. The first-order chi connectivity index (χ1) is 12.2. The summed E-state index contributed by atoms with van der Waals surface area (Å²) in [4.78, 5) is 20.0. The molecule has 5 nitrogen and oxygen atoms in total. The molecule has 3 aromatic heterocycles. The SMILES string of the molecule is CCN(C(=O)CCCc1cccs1)c1cn(-c2cccnc2)nc1C. The molecule has 3 aromatic rings. The van der Waals surface area contributed by atoms with Gasteiger partial charge in [0.2, 0.25) is 5.91 Å². The van der Waals surface area contributed by atoms with Gasteiger partial charge in [0.05, 0.1) is 29.5 Å². The van der Waals surface area contributed by atoms with Gasteiger partial charge < -0.3 is 4.90 Å². The molecular weight excluding hydrogens is 332 g/mol. The van der Waals surface area contributed by atoms with E-state index in [-0.39, 0.29) is 5.91 Å². The molecule has 1 amide bonds. The number of aromatic nitrogens is 3. The summed E-state index contributed by atoms with van der Waals surface area (Å²) in [6.45, 7) is 4.57. The Balaban J connectivity index is 1.69. The standard InChI is InChI=1S/C19H22N4OS/c1-3-22(19(24)10-4-8-17-9-6-12-25-17)18-14-23(21-15(18)2)16-7-5-11-20-13-16/h5-7,9,11-14H,3-4,8,10H2,1-2H3. The molecule has 0 spiro atoms. The first kappa shape index (κ1) is 17.4. The van der Waals surface area contributed by atoms with Crippen LogP contribution in [-0.4, -0.2) is 27.2 Å². The van der Waals surface area contributed by atoms with Crippen molar-refractivity contribution in [2.75, 3.05) is 11.4 Å². The summed E-state index contributed by atoms with van der Waals surface area (Å²) in [6, 6.07) is 7.99. The number of amides is 1. The monoisotopic (exact) mass is 354 g/mol. The van der Waals surface area contributed by atoms with Gasteiger partial charge in [0.15, 0.2) is 0 Å². The van der Waals surface area contributed by atoms with Gasteiger partial charge in [0, 0.05) is 24.0 Å². The van der Waals surface area contributed by atoms with Crippen molar-refractivity contribution in [3.8, 4) is 5.69 Å². The molecule has 0 saturated heterocycles. The topological polar surface area (TPSA) is 51.0 Å². The fourth-order valence-electron chi connectivity index (χ4n) is 2.82. The van der Waals surface area contributed by atoms with Crippen LogP contribution >= 0.6 is 11.3 Å². The van der Waals surface area contributed by atoms with Crippen molar-refractivity contribution in [1.82, 2.24) is 14.8 Å². The van der Waals surface area contributed by atoms with Crippen LogP contribution in [0.4, 0.5) is 5.69 Å². The van der Waals surface area contributed by atoms with E-state index in [1.807, 2.05) is 37.1 Å². The molecule has 3 rings (SSSR count). The molecule has 25 heavy (non-hydrogen) atoms. The first-order valence-electron chi connectivity index (χ1n) is 8.48. The lowest BCUT2D eigenvalue weighted by atomic mass is 10.2. The van der Waals surface area contributed by atoms with E-state index in [0.717, 1.165) is 29.9 Å². The summed E-state index contributed by atoms with van der Waals surface area (Å²) < 4.78 is 1.78. The lowest BCUT2D eigenvalue weighted by Gasteiger charge is -2.20. The van der Waals surface area contributed by atoms with Crippen LogP contribution in [0.25, 0.3) is 5.69 Å². The molecule has 3 heterocycles. The highest BCUT2D eigenvalue weighted by atomic mass is 32.1. The molecule has 0 unspecified atom stereocenters. The van der Waals surface area contributed by atoms with E-state index < -0.39 is 0 Å². The normalized spacial score (nSPS) is 10.8. The minimum atomic E-state index is 0.146. The van der Waals surface area contributed by atoms with Crippen molar-refractivity contribution in [2.45, 2.75) is 33.1 Å². The second-order valence-electron chi connectivity index (χ2n) is 5.83. The Kier molecular flexibility index (Phi) is 5.60. The number of hydrogen-bond donors (Lipinski definition) is 0. The van der Waals surface area contributed by atoms with Gasteiger partial charge in [-0.05, 0) is 50.3 Å². The average Bonchev–Trinajstić information content (AvgIpc) is 3.27. The lowest BCUT2D eigenvalue weighted by molar-refractivity contribution is -0.118. The van der Waals surface area contributed by atoms with Crippen molar-refractivity contribution < 1.29 is 4.79 Å². The van der Waals surface area contributed by atoms with Crippen molar-refractivity contribution >= 4 is 22.9 Å². The van der Waals surface area contributed by atoms with Crippen LogP contribution < -0.4 is 4.90 Å². The third kappa shape index (κ3) is 4.14. The Hall–Kier alpha value is -2.47. The van der Waals surface area contributed by atoms with Crippen LogP contribution in [0.3, 0.4) is 0 Å². The summed E-state index contributed by atoms with van der Waals surface area (Å²) in [6.07, 6.45) is 7.77. The maximum Gasteiger partial charge on any atom is 0.227 e. The molecule has 0 atom stereocenters. The highest BCUT2D eigenvalue weighted by Crippen LogP contribution is 2.22. The smallest absolute Gasteiger partial charge is 0.227 e. The minimum Gasteiger partial charge on any atom is -0.310 e. The quantitative estimate of drug-likeness (QED) is 0.644. The average molecular weight is 354 g/mol. The van der Waals surface area contributed by atoms with Crippen LogP contribution in [-0.2, 0) is 11.2 Å². The van der Waals surface area contributed by atoms with E-state index in [1.54, 1.807) is 28.4 Å². The third-order valence-corrected chi connectivity index (χ3v) is 5.02. The van der Waals surface area contributed by atoms with Gasteiger partial charge in [-0.1, -0.05) is 6.07 Å². The molecule has 130 valence electrons. The Labute approximate surface area is 151 Å². The largest absolute Gasteiger partial charge is 0.310 e. The molecule has 0 saturated carbocycles. The molecule has 0 fully saturated rings. The van der Waals surface area contributed by atoms with Crippen LogP contribution in [0.2, 0.25) is 0 Å². The number of nitrogens with zero attached hydrogens (tertiary/aromatic N) is 4. The van der Waals surface area contributed by atoms with E-state index in [0.29, 0.717) is 13.0 Å². The molecule has 0 bridgehead atoms. The molecule has 0 aliphatic rings.